The molecule has 1 fully saturated rings. The maximum Gasteiger partial charge on any atom is 0.227 e. The molecule has 0 spiro atoms. The number of hydrogen-bond donors (Lipinski definition) is 0. The molecule has 150 valence electrons. The molecule has 1 unspecified atom stereocenters. The van der Waals surface area contributed by atoms with Crippen LogP contribution in [0.5, 0.6) is 0 Å². The van der Waals surface area contributed by atoms with Gasteiger partial charge in [0.25, 0.3) is 0 Å². The van der Waals surface area contributed by atoms with Crippen molar-refractivity contribution in [2.75, 3.05) is 19.3 Å². The Kier molecular flexibility index (Phi) is 5.52. The second-order valence-electron chi connectivity index (χ2n) is 8.29. The normalized spacial score (nSPS) is 18.1. The van der Waals surface area contributed by atoms with Gasteiger partial charge in [0, 0.05) is 54.8 Å². The largest absolute Gasteiger partial charge is 0.342 e. The molecule has 0 aromatic carbocycles. The Bertz CT molecular complexity index is 969. The second-order valence-corrected chi connectivity index (χ2v) is 10.3. The predicted octanol–water partition coefficient (Wildman–Crippen LogP) is 2.69. The summed E-state index contributed by atoms with van der Waals surface area (Å²) < 4.78 is 24.7. The predicted molar refractivity (Wildman–Crippen MR) is 106 cm³/mol. The van der Waals surface area contributed by atoms with Gasteiger partial charge in [-0.25, -0.2) is 18.4 Å². The van der Waals surface area contributed by atoms with Crippen molar-refractivity contribution < 1.29 is 13.2 Å². The van der Waals surface area contributed by atoms with Crippen molar-refractivity contribution in [1.29, 1.82) is 0 Å². The number of sulfone groups is 1. The van der Waals surface area contributed by atoms with Gasteiger partial charge in [-0.05, 0) is 25.0 Å². The van der Waals surface area contributed by atoms with Crippen molar-refractivity contribution in [3.05, 3.63) is 36.4 Å². The molecule has 0 radical (unpaired) electrons. The van der Waals surface area contributed by atoms with Crippen molar-refractivity contribution in [3.8, 4) is 11.4 Å². The van der Waals surface area contributed by atoms with Crippen LogP contribution in [0.4, 0.5) is 0 Å². The molecule has 1 aliphatic heterocycles. The summed E-state index contributed by atoms with van der Waals surface area (Å²) in [5.41, 5.74) is 0.792. The van der Waals surface area contributed by atoms with Gasteiger partial charge in [-0.3, -0.25) is 9.78 Å². The van der Waals surface area contributed by atoms with Gasteiger partial charge in [0.2, 0.25) is 5.91 Å². The molecular formula is C20H26N4O3S. The molecule has 1 saturated heterocycles. The SMILES string of the molecule is CC(C)(C)C(=O)N1CCCC(c2nc(-c3ccncc3)ncc2S(C)(=O)=O)C1. The highest BCUT2D eigenvalue weighted by Crippen LogP contribution is 2.33. The highest BCUT2D eigenvalue weighted by molar-refractivity contribution is 7.90. The lowest BCUT2D eigenvalue weighted by Gasteiger charge is -2.36. The molecule has 1 aliphatic rings. The molecule has 1 atom stereocenters. The Labute approximate surface area is 166 Å². The van der Waals surface area contributed by atoms with Crippen LogP contribution in [0.1, 0.15) is 45.2 Å². The van der Waals surface area contributed by atoms with Gasteiger partial charge in [0.1, 0.15) is 4.90 Å². The van der Waals surface area contributed by atoms with Gasteiger partial charge >= 0.3 is 0 Å². The number of carbonyl (C=O) groups excluding carboxylic acids is 1. The van der Waals surface area contributed by atoms with Crippen molar-refractivity contribution >= 4 is 15.7 Å². The zero-order chi connectivity index (χ0) is 20.5. The van der Waals surface area contributed by atoms with Crippen LogP contribution in [0.25, 0.3) is 11.4 Å². The van der Waals surface area contributed by atoms with E-state index in [1.54, 1.807) is 24.5 Å². The number of aromatic nitrogens is 3. The number of pyridine rings is 1. The van der Waals surface area contributed by atoms with E-state index in [1.807, 2.05) is 25.7 Å². The van der Waals surface area contributed by atoms with E-state index in [0.29, 0.717) is 24.6 Å². The number of likely N-dealkylation sites (tertiary alicyclic amines) is 1. The van der Waals surface area contributed by atoms with Gasteiger partial charge < -0.3 is 4.90 Å². The smallest absolute Gasteiger partial charge is 0.227 e. The minimum Gasteiger partial charge on any atom is -0.342 e. The van der Waals surface area contributed by atoms with Crippen molar-refractivity contribution in [3.63, 3.8) is 0 Å². The summed E-state index contributed by atoms with van der Waals surface area (Å²) in [6, 6.07) is 3.57. The quantitative estimate of drug-likeness (QED) is 0.784. The molecule has 8 heteroatoms. The van der Waals surface area contributed by atoms with E-state index >= 15 is 0 Å². The average Bonchev–Trinajstić information content (AvgIpc) is 2.66. The Balaban J connectivity index is 2.02. The van der Waals surface area contributed by atoms with E-state index in [2.05, 4.69) is 15.0 Å². The zero-order valence-corrected chi connectivity index (χ0v) is 17.5. The Morgan fingerprint density at radius 1 is 1.21 bits per heavy atom. The maximum absolute atomic E-state index is 12.7. The minimum atomic E-state index is -3.49. The lowest BCUT2D eigenvalue weighted by atomic mass is 9.90. The Morgan fingerprint density at radius 3 is 2.50 bits per heavy atom. The van der Waals surface area contributed by atoms with Crippen LogP contribution in [0.2, 0.25) is 0 Å². The van der Waals surface area contributed by atoms with Gasteiger partial charge in [0.05, 0.1) is 5.69 Å². The molecule has 0 N–H and O–H groups in total. The van der Waals surface area contributed by atoms with Crippen LogP contribution in [0, 0.1) is 5.41 Å². The van der Waals surface area contributed by atoms with Crippen molar-refractivity contribution in [2.24, 2.45) is 5.41 Å². The standard InChI is InChI=1S/C20H26N4O3S/c1-20(2,3)19(25)24-11-5-6-15(13-24)17-16(28(4,26)27)12-22-18(23-17)14-7-9-21-10-8-14/h7-10,12,15H,5-6,11,13H2,1-4H3. The van der Waals surface area contributed by atoms with Gasteiger partial charge in [0.15, 0.2) is 15.7 Å². The molecule has 2 aromatic rings. The lowest BCUT2D eigenvalue weighted by molar-refractivity contribution is -0.140. The third-order valence-electron chi connectivity index (χ3n) is 4.86. The monoisotopic (exact) mass is 402 g/mol. The summed E-state index contributed by atoms with van der Waals surface area (Å²) >= 11 is 0. The fourth-order valence-corrected chi connectivity index (χ4v) is 4.30. The fourth-order valence-electron chi connectivity index (χ4n) is 3.46. The minimum absolute atomic E-state index is 0.0709. The van der Waals surface area contributed by atoms with Crippen molar-refractivity contribution in [1.82, 2.24) is 19.9 Å². The molecule has 0 aliphatic carbocycles. The van der Waals surface area contributed by atoms with E-state index in [0.717, 1.165) is 18.4 Å². The van der Waals surface area contributed by atoms with Crippen LogP contribution in [-0.4, -0.2) is 53.5 Å². The third kappa shape index (κ3) is 4.38. The molecule has 3 rings (SSSR count). The maximum atomic E-state index is 12.7. The Hall–Kier alpha value is -2.35. The summed E-state index contributed by atoms with van der Waals surface area (Å²) in [4.78, 5) is 27.6. The third-order valence-corrected chi connectivity index (χ3v) is 5.97. The van der Waals surface area contributed by atoms with Crippen LogP contribution in [-0.2, 0) is 14.6 Å². The first-order valence-electron chi connectivity index (χ1n) is 9.34. The molecular weight excluding hydrogens is 376 g/mol. The van der Waals surface area contributed by atoms with Gasteiger partial charge in [-0.1, -0.05) is 20.8 Å². The molecule has 3 heterocycles. The summed E-state index contributed by atoms with van der Waals surface area (Å²) in [6.45, 7) is 6.84. The first-order valence-corrected chi connectivity index (χ1v) is 11.2. The number of hydrogen-bond acceptors (Lipinski definition) is 6. The second kappa shape index (κ2) is 7.58. The Morgan fingerprint density at radius 2 is 1.89 bits per heavy atom. The summed E-state index contributed by atoms with van der Waals surface area (Å²) in [5, 5.41) is 0. The van der Waals surface area contributed by atoms with E-state index in [4.69, 9.17) is 0 Å². The highest BCUT2D eigenvalue weighted by atomic mass is 32.2. The van der Waals surface area contributed by atoms with Crippen LogP contribution in [0.15, 0.2) is 35.6 Å². The number of nitrogens with zero attached hydrogens (tertiary/aromatic N) is 4. The molecule has 0 saturated carbocycles. The first-order chi connectivity index (χ1) is 13.1. The highest BCUT2D eigenvalue weighted by Gasteiger charge is 2.34. The van der Waals surface area contributed by atoms with Crippen LogP contribution < -0.4 is 0 Å². The van der Waals surface area contributed by atoms with E-state index in [9.17, 15) is 13.2 Å². The molecule has 1 amide bonds. The molecule has 28 heavy (non-hydrogen) atoms. The van der Waals surface area contributed by atoms with Gasteiger partial charge in [-0.15, -0.1) is 0 Å². The van der Waals surface area contributed by atoms with Crippen LogP contribution >= 0.6 is 0 Å². The van der Waals surface area contributed by atoms with Crippen LogP contribution in [0.3, 0.4) is 0 Å². The van der Waals surface area contributed by atoms with E-state index < -0.39 is 15.3 Å². The number of piperidine rings is 1. The average molecular weight is 403 g/mol. The van der Waals surface area contributed by atoms with Gasteiger partial charge in [-0.2, -0.15) is 0 Å². The fraction of sp³-hybridized carbons (Fsp3) is 0.500. The molecule has 0 bridgehead atoms. The summed E-state index contributed by atoms with van der Waals surface area (Å²) in [7, 11) is -3.49. The molecule has 2 aromatic heterocycles. The molecule has 7 nitrogen and oxygen atoms in total. The number of rotatable bonds is 3. The number of carbonyl (C=O) groups is 1. The summed E-state index contributed by atoms with van der Waals surface area (Å²) in [5.74, 6) is 0.388. The topological polar surface area (TPSA) is 93.1 Å². The summed E-state index contributed by atoms with van der Waals surface area (Å²) in [6.07, 6.45) is 7.44. The van der Waals surface area contributed by atoms with Crippen molar-refractivity contribution in [2.45, 2.75) is 44.4 Å². The lowest BCUT2D eigenvalue weighted by Crippen LogP contribution is -2.45. The zero-order valence-electron chi connectivity index (χ0n) is 16.7. The first kappa shape index (κ1) is 20.4. The number of amides is 1. The van der Waals surface area contributed by atoms with E-state index in [-0.39, 0.29) is 16.7 Å². The van der Waals surface area contributed by atoms with E-state index in [1.165, 1.54) is 12.5 Å².